The molecule has 16 heavy (non-hydrogen) atoms. The third-order valence-electron chi connectivity index (χ3n) is 2.77. The van der Waals surface area contributed by atoms with Crippen molar-refractivity contribution in [2.45, 2.75) is 12.5 Å². The van der Waals surface area contributed by atoms with E-state index in [0.717, 1.165) is 13.0 Å². The Morgan fingerprint density at radius 2 is 2.44 bits per heavy atom. The molecule has 0 bridgehead atoms. The van der Waals surface area contributed by atoms with E-state index in [1.54, 1.807) is 6.20 Å². The Bertz CT molecular complexity index is 366. The first-order valence-electron chi connectivity index (χ1n) is 5.37. The average molecular weight is 220 g/mol. The number of aliphatic hydroxyl groups excluding tert-OH is 1. The third-order valence-corrected chi connectivity index (χ3v) is 2.77. The predicted molar refractivity (Wildman–Crippen MR) is 62.0 cm³/mol. The molecule has 5 nitrogen and oxygen atoms in total. The molecule has 2 rings (SSSR count). The molecular weight excluding hydrogens is 204 g/mol. The van der Waals surface area contributed by atoms with Crippen LogP contribution in [0.25, 0.3) is 0 Å². The number of hydrogen-bond acceptors (Lipinski definition) is 5. The molecule has 3 N–H and O–H groups in total. The van der Waals surface area contributed by atoms with Crippen molar-refractivity contribution in [3.8, 4) is 0 Å². The van der Waals surface area contributed by atoms with Gasteiger partial charge in [0.2, 0.25) is 0 Å². The number of guanidine groups is 1. The molecule has 2 heterocycles. The number of hydrogen-bond donors (Lipinski definition) is 2. The van der Waals surface area contributed by atoms with E-state index in [2.05, 4.69) is 9.98 Å². The molecule has 0 fully saturated rings. The van der Waals surface area contributed by atoms with Crippen LogP contribution in [0, 0.1) is 0 Å². The molecule has 86 valence electrons. The van der Waals surface area contributed by atoms with Crippen LogP contribution in [-0.4, -0.2) is 46.7 Å². The summed E-state index contributed by atoms with van der Waals surface area (Å²) in [5.41, 5.74) is 6.92. The standard InChI is InChI=1S/C11H16N4O/c12-11-14-7-10(8-16)15(11)5-3-9-2-1-4-13-6-9/h1-2,4,6,10,16H,3,5,7-8H2,(H2,12,14). The van der Waals surface area contributed by atoms with Crippen LogP contribution in [0.3, 0.4) is 0 Å². The van der Waals surface area contributed by atoms with Crippen molar-refractivity contribution in [1.82, 2.24) is 9.88 Å². The van der Waals surface area contributed by atoms with E-state index in [9.17, 15) is 0 Å². The number of aromatic nitrogens is 1. The summed E-state index contributed by atoms with van der Waals surface area (Å²) in [6.07, 6.45) is 4.46. The van der Waals surface area contributed by atoms with Gasteiger partial charge in [-0.05, 0) is 18.1 Å². The first-order valence-corrected chi connectivity index (χ1v) is 5.37. The zero-order valence-electron chi connectivity index (χ0n) is 9.08. The van der Waals surface area contributed by atoms with E-state index in [4.69, 9.17) is 10.8 Å². The van der Waals surface area contributed by atoms with Crippen molar-refractivity contribution < 1.29 is 5.11 Å². The Kier molecular flexibility index (Phi) is 3.36. The Balaban J connectivity index is 1.92. The van der Waals surface area contributed by atoms with Gasteiger partial charge in [0.25, 0.3) is 0 Å². The molecular formula is C11H16N4O. The number of nitrogens with two attached hydrogens (primary N) is 1. The molecule has 1 aromatic heterocycles. The summed E-state index contributed by atoms with van der Waals surface area (Å²) in [6, 6.07) is 3.99. The Morgan fingerprint density at radius 3 is 3.12 bits per heavy atom. The minimum Gasteiger partial charge on any atom is -0.394 e. The quantitative estimate of drug-likeness (QED) is 0.725. The molecule has 1 aliphatic heterocycles. The summed E-state index contributed by atoms with van der Waals surface area (Å²) in [5, 5.41) is 9.17. The summed E-state index contributed by atoms with van der Waals surface area (Å²) >= 11 is 0. The van der Waals surface area contributed by atoms with Crippen LogP contribution in [0.1, 0.15) is 5.56 Å². The van der Waals surface area contributed by atoms with Gasteiger partial charge in [-0.2, -0.15) is 0 Å². The minimum atomic E-state index is 0.0386. The van der Waals surface area contributed by atoms with Crippen molar-refractivity contribution >= 4 is 5.96 Å². The second kappa shape index (κ2) is 4.94. The van der Waals surface area contributed by atoms with Crippen LogP contribution in [0.2, 0.25) is 0 Å². The van der Waals surface area contributed by atoms with Gasteiger partial charge >= 0.3 is 0 Å². The molecule has 1 aromatic rings. The van der Waals surface area contributed by atoms with Crippen LogP contribution < -0.4 is 5.73 Å². The topological polar surface area (TPSA) is 74.7 Å². The Hall–Kier alpha value is -1.62. The van der Waals surface area contributed by atoms with Gasteiger partial charge in [0, 0.05) is 18.9 Å². The first-order chi connectivity index (χ1) is 7.81. The van der Waals surface area contributed by atoms with Gasteiger partial charge in [-0.25, -0.2) is 0 Å². The lowest BCUT2D eigenvalue weighted by atomic mass is 10.2. The fourth-order valence-electron chi connectivity index (χ4n) is 1.82. The lowest BCUT2D eigenvalue weighted by molar-refractivity contribution is 0.196. The second-order valence-corrected chi connectivity index (χ2v) is 3.84. The molecule has 5 heteroatoms. The van der Waals surface area contributed by atoms with Crippen LogP contribution in [0.4, 0.5) is 0 Å². The Labute approximate surface area is 94.6 Å². The number of pyridine rings is 1. The maximum Gasteiger partial charge on any atom is 0.191 e. The van der Waals surface area contributed by atoms with E-state index < -0.39 is 0 Å². The normalized spacial score (nSPS) is 19.9. The van der Waals surface area contributed by atoms with Crippen molar-refractivity contribution in [2.24, 2.45) is 10.7 Å². The van der Waals surface area contributed by atoms with E-state index in [1.165, 1.54) is 5.56 Å². The maximum atomic E-state index is 9.17. The van der Waals surface area contributed by atoms with E-state index >= 15 is 0 Å². The Morgan fingerprint density at radius 1 is 1.56 bits per heavy atom. The van der Waals surface area contributed by atoms with Crippen LogP contribution >= 0.6 is 0 Å². The van der Waals surface area contributed by atoms with Gasteiger partial charge in [-0.15, -0.1) is 0 Å². The summed E-state index contributed by atoms with van der Waals surface area (Å²) in [4.78, 5) is 10.1. The zero-order valence-corrected chi connectivity index (χ0v) is 9.08. The smallest absolute Gasteiger partial charge is 0.191 e. The van der Waals surface area contributed by atoms with Gasteiger partial charge < -0.3 is 15.7 Å². The summed E-state index contributed by atoms with van der Waals surface area (Å²) < 4.78 is 0. The number of aliphatic imine (C=N–C) groups is 1. The van der Waals surface area contributed by atoms with E-state index in [1.807, 2.05) is 23.2 Å². The van der Waals surface area contributed by atoms with Gasteiger partial charge in [0.1, 0.15) is 0 Å². The molecule has 0 aromatic carbocycles. The first kappa shape index (κ1) is 10.9. The average Bonchev–Trinajstić information content (AvgIpc) is 2.69. The molecule has 0 amide bonds. The van der Waals surface area contributed by atoms with Crippen LogP contribution in [-0.2, 0) is 6.42 Å². The molecule has 0 spiro atoms. The highest BCUT2D eigenvalue weighted by molar-refractivity contribution is 5.80. The largest absolute Gasteiger partial charge is 0.394 e. The molecule has 1 aliphatic rings. The van der Waals surface area contributed by atoms with Gasteiger partial charge in [-0.1, -0.05) is 6.07 Å². The zero-order chi connectivity index (χ0) is 11.4. The monoisotopic (exact) mass is 220 g/mol. The van der Waals surface area contributed by atoms with E-state index in [-0.39, 0.29) is 12.6 Å². The molecule has 0 saturated carbocycles. The van der Waals surface area contributed by atoms with Crippen molar-refractivity contribution in [3.05, 3.63) is 30.1 Å². The highest BCUT2D eigenvalue weighted by atomic mass is 16.3. The summed E-state index contributed by atoms with van der Waals surface area (Å²) in [6.45, 7) is 1.46. The fraction of sp³-hybridized carbons (Fsp3) is 0.455. The van der Waals surface area contributed by atoms with Crippen molar-refractivity contribution in [3.63, 3.8) is 0 Å². The lowest BCUT2D eigenvalue weighted by Gasteiger charge is -2.24. The number of aliphatic hydroxyl groups is 1. The van der Waals surface area contributed by atoms with Crippen LogP contribution in [0.5, 0.6) is 0 Å². The highest BCUT2D eigenvalue weighted by Gasteiger charge is 2.24. The third kappa shape index (κ3) is 2.30. The second-order valence-electron chi connectivity index (χ2n) is 3.84. The van der Waals surface area contributed by atoms with E-state index in [0.29, 0.717) is 12.5 Å². The minimum absolute atomic E-state index is 0.0386. The number of nitrogens with zero attached hydrogens (tertiary/aromatic N) is 3. The SMILES string of the molecule is NC1=NCC(CO)N1CCc1cccnc1. The fourth-order valence-corrected chi connectivity index (χ4v) is 1.82. The lowest BCUT2D eigenvalue weighted by Crippen LogP contribution is -2.43. The molecule has 0 saturated heterocycles. The van der Waals surface area contributed by atoms with Crippen molar-refractivity contribution in [1.29, 1.82) is 0 Å². The summed E-state index contributed by atoms with van der Waals surface area (Å²) in [5.74, 6) is 0.531. The number of rotatable bonds is 4. The predicted octanol–water partition coefficient (Wildman–Crippen LogP) is -0.385. The van der Waals surface area contributed by atoms with Crippen LogP contribution in [0.15, 0.2) is 29.5 Å². The van der Waals surface area contributed by atoms with Gasteiger partial charge in [0.05, 0.1) is 19.2 Å². The molecule has 1 atom stereocenters. The highest BCUT2D eigenvalue weighted by Crippen LogP contribution is 2.09. The van der Waals surface area contributed by atoms with Crippen molar-refractivity contribution in [2.75, 3.05) is 19.7 Å². The molecule has 0 radical (unpaired) electrons. The molecule has 1 unspecified atom stereocenters. The van der Waals surface area contributed by atoms with Gasteiger partial charge in [-0.3, -0.25) is 9.98 Å². The maximum absolute atomic E-state index is 9.17. The summed E-state index contributed by atoms with van der Waals surface area (Å²) in [7, 11) is 0. The van der Waals surface area contributed by atoms with Gasteiger partial charge in [0.15, 0.2) is 5.96 Å². The molecule has 0 aliphatic carbocycles.